The van der Waals surface area contributed by atoms with E-state index in [1.165, 1.54) is 12.1 Å². The SMILES string of the molecule is O=S(=O)(Oc1cc(N(c2ccccc2)c2ccccc2)c2oc3ccc(N(c4ccccc4)c4ccccc4)cc3c2c1)C(F)(F)F. The van der Waals surface area contributed by atoms with Crippen molar-refractivity contribution in [1.82, 2.24) is 0 Å². The van der Waals surface area contributed by atoms with E-state index in [1.54, 1.807) is 11.0 Å². The molecular formula is C37H25F3N2O4S. The van der Waals surface area contributed by atoms with E-state index in [2.05, 4.69) is 0 Å². The summed E-state index contributed by atoms with van der Waals surface area (Å²) in [4.78, 5) is 3.81. The summed E-state index contributed by atoms with van der Waals surface area (Å²) in [6, 6.07) is 45.8. The van der Waals surface area contributed by atoms with Crippen LogP contribution in [-0.4, -0.2) is 13.9 Å². The molecule has 0 bridgehead atoms. The second-order valence-electron chi connectivity index (χ2n) is 10.6. The van der Waals surface area contributed by atoms with Gasteiger partial charge in [0.05, 0.1) is 5.69 Å². The van der Waals surface area contributed by atoms with Crippen molar-refractivity contribution in [3.63, 3.8) is 0 Å². The summed E-state index contributed by atoms with van der Waals surface area (Å²) in [5.74, 6) is -0.516. The molecule has 6 nitrogen and oxygen atoms in total. The third kappa shape index (κ3) is 5.75. The standard InChI is InChI=1S/C37H25F3N2O4S/c38-37(39,40)47(43,44)46-31-24-33-32-23-30(41(26-13-5-1-6-14-26)27-15-7-2-8-16-27)21-22-35(32)45-36(33)34(25-31)42(28-17-9-3-10-18-28)29-19-11-4-12-20-29/h1-25H. The number of rotatable bonds is 8. The van der Waals surface area contributed by atoms with Crippen molar-refractivity contribution in [2.24, 2.45) is 0 Å². The van der Waals surface area contributed by atoms with Crippen LogP contribution in [-0.2, 0) is 10.1 Å². The predicted octanol–water partition coefficient (Wildman–Crippen LogP) is 10.8. The van der Waals surface area contributed by atoms with Gasteiger partial charge in [-0.3, -0.25) is 0 Å². The highest BCUT2D eigenvalue weighted by Crippen LogP contribution is 2.46. The van der Waals surface area contributed by atoms with Gasteiger partial charge in [0.2, 0.25) is 0 Å². The molecule has 6 aromatic carbocycles. The van der Waals surface area contributed by atoms with Crippen molar-refractivity contribution in [2.75, 3.05) is 9.80 Å². The third-order valence-electron chi connectivity index (χ3n) is 7.55. The minimum atomic E-state index is -5.98. The zero-order valence-corrected chi connectivity index (χ0v) is 25.3. The largest absolute Gasteiger partial charge is 0.534 e. The van der Waals surface area contributed by atoms with Gasteiger partial charge < -0.3 is 18.4 Å². The predicted molar refractivity (Wildman–Crippen MR) is 179 cm³/mol. The highest BCUT2D eigenvalue weighted by Gasteiger charge is 2.48. The second kappa shape index (κ2) is 11.9. The highest BCUT2D eigenvalue weighted by molar-refractivity contribution is 7.88. The summed E-state index contributed by atoms with van der Waals surface area (Å²) >= 11 is 0. The number of nitrogens with zero attached hydrogens (tertiary/aromatic N) is 2. The summed E-state index contributed by atoms with van der Waals surface area (Å²) in [6.07, 6.45) is 0. The van der Waals surface area contributed by atoms with Crippen LogP contribution in [0.5, 0.6) is 5.75 Å². The van der Waals surface area contributed by atoms with Crippen molar-refractivity contribution in [3.05, 3.63) is 152 Å². The van der Waals surface area contributed by atoms with Gasteiger partial charge in [-0.15, -0.1) is 0 Å². The van der Waals surface area contributed by atoms with Crippen LogP contribution in [0.25, 0.3) is 21.9 Å². The molecule has 10 heteroatoms. The van der Waals surface area contributed by atoms with Crippen LogP contribution in [0.15, 0.2) is 156 Å². The van der Waals surface area contributed by atoms with Gasteiger partial charge >= 0.3 is 15.6 Å². The van der Waals surface area contributed by atoms with Gasteiger partial charge in [-0.1, -0.05) is 72.8 Å². The van der Waals surface area contributed by atoms with Gasteiger partial charge in [0.15, 0.2) is 5.58 Å². The lowest BCUT2D eigenvalue weighted by molar-refractivity contribution is -0.0500. The topological polar surface area (TPSA) is 63.0 Å². The maximum Gasteiger partial charge on any atom is 0.534 e. The summed E-state index contributed by atoms with van der Waals surface area (Å²) in [5.41, 5.74) is -0.733. The lowest BCUT2D eigenvalue weighted by Crippen LogP contribution is -2.28. The van der Waals surface area contributed by atoms with Gasteiger partial charge in [-0.05, 0) is 72.8 Å². The van der Waals surface area contributed by atoms with Crippen LogP contribution in [0, 0.1) is 0 Å². The molecule has 0 aliphatic rings. The van der Waals surface area contributed by atoms with E-state index in [4.69, 9.17) is 8.60 Å². The van der Waals surface area contributed by atoms with E-state index in [0.717, 1.165) is 17.1 Å². The molecule has 0 saturated carbocycles. The highest BCUT2D eigenvalue weighted by atomic mass is 32.2. The summed E-state index contributed by atoms with van der Waals surface area (Å²) in [5, 5.41) is 0.913. The molecule has 0 aliphatic carbocycles. The Morgan fingerprint density at radius 3 is 1.47 bits per heavy atom. The first-order chi connectivity index (χ1) is 22.7. The van der Waals surface area contributed by atoms with Gasteiger partial charge in [0.25, 0.3) is 0 Å². The molecule has 0 amide bonds. The van der Waals surface area contributed by atoms with Gasteiger partial charge in [-0.2, -0.15) is 21.6 Å². The molecule has 1 aromatic heterocycles. The Kier molecular flexibility index (Phi) is 7.57. The molecule has 234 valence electrons. The molecule has 7 rings (SSSR count). The van der Waals surface area contributed by atoms with E-state index < -0.39 is 21.4 Å². The Hall–Kier alpha value is -5.74. The summed E-state index contributed by atoms with van der Waals surface area (Å²) < 4.78 is 76.2. The van der Waals surface area contributed by atoms with E-state index in [1.807, 2.05) is 138 Å². The lowest BCUT2D eigenvalue weighted by Gasteiger charge is -2.26. The maximum atomic E-state index is 13.5. The molecule has 0 saturated heterocycles. The third-order valence-corrected chi connectivity index (χ3v) is 8.53. The fourth-order valence-corrected chi connectivity index (χ4v) is 5.98. The number of benzene rings is 6. The number of furan rings is 1. The number of fused-ring (bicyclic) bond motifs is 3. The average Bonchev–Trinajstić information content (AvgIpc) is 3.44. The normalized spacial score (nSPS) is 11.9. The first-order valence-electron chi connectivity index (χ1n) is 14.5. The molecule has 0 radical (unpaired) electrons. The van der Waals surface area contributed by atoms with Crippen LogP contribution >= 0.6 is 0 Å². The maximum absolute atomic E-state index is 13.5. The van der Waals surface area contributed by atoms with Crippen molar-refractivity contribution >= 4 is 66.2 Å². The minimum Gasteiger partial charge on any atom is -0.454 e. The molecule has 1 heterocycles. The number of anilines is 6. The number of halogens is 3. The minimum absolute atomic E-state index is 0.285. The van der Waals surface area contributed by atoms with Crippen LogP contribution in [0.1, 0.15) is 0 Å². The average molecular weight is 651 g/mol. The molecule has 0 atom stereocenters. The summed E-state index contributed by atoms with van der Waals surface area (Å²) in [7, 11) is -5.98. The van der Waals surface area contributed by atoms with Gasteiger partial charge in [-0.25, -0.2) is 0 Å². The molecule has 7 aromatic rings. The smallest absolute Gasteiger partial charge is 0.454 e. The number of alkyl halides is 3. The molecular weight excluding hydrogens is 625 g/mol. The van der Waals surface area contributed by atoms with Crippen LogP contribution in [0.2, 0.25) is 0 Å². The number of para-hydroxylation sites is 4. The van der Waals surface area contributed by atoms with Crippen LogP contribution in [0.3, 0.4) is 0 Å². The van der Waals surface area contributed by atoms with E-state index in [-0.39, 0.29) is 5.69 Å². The van der Waals surface area contributed by atoms with Crippen LogP contribution in [0.4, 0.5) is 47.3 Å². The van der Waals surface area contributed by atoms with Crippen molar-refractivity contribution < 1.29 is 30.2 Å². The van der Waals surface area contributed by atoms with Gasteiger partial charge in [0, 0.05) is 45.3 Å². The Morgan fingerprint density at radius 1 is 0.532 bits per heavy atom. The Labute approximate surface area is 268 Å². The van der Waals surface area contributed by atoms with E-state index in [9.17, 15) is 21.6 Å². The number of hydrogen-bond acceptors (Lipinski definition) is 6. The fourth-order valence-electron chi connectivity index (χ4n) is 5.53. The molecule has 47 heavy (non-hydrogen) atoms. The summed E-state index contributed by atoms with van der Waals surface area (Å²) in [6.45, 7) is 0. The van der Waals surface area contributed by atoms with Crippen molar-refractivity contribution in [1.29, 1.82) is 0 Å². The van der Waals surface area contributed by atoms with E-state index >= 15 is 0 Å². The quantitative estimate of drug-likeness (QED) is 0.120. The molecule has 0 N–H and O–H groups in total. The zero-order chi connectivity index (χ0) is 32.6. The van der Waals surface area contributed by atoms with E-state index in [0.29, 0.717) is 33.3 Å². The Morgan fingerprint density at radius 2 is 1.00 bits per heavy atom. The second-order valence-corrected chi connectivity index (χ2v) is 12.1. The van der Waals surface area contributed by atoms with Crippen molar-refractivity contribution in [2.45, 2.75) is 5.51 Å². The first kappa shape index (κ1) is 29.9. The Bertz CT molecular complexity index is 2200. The van der Waals surface area contributed by atoms with Crippen LogP contribution < -0.4 is 14.0 Å². The van der Waals surface area contributed by atoms with Gasteiger partial charge in [0.1, 0.15) is 11.3 Å². The molecule has 0 spiro atoms. The Balaban J connectivity index is 1.50. The monoisotopic (exact) mass is 650 g/mol. The molecule has 0 aliphatic heterocycles. The molecule has 0 fully saturated rings. The van der Waals surface area contributed by atoms with Crippen molar-refractivity contribution in [3.8, 4) is 5.75 Å². The first-order valence-corrected chi connectivity index (χ1v) is 15.9. The fraction of sp³-hybridized carbons (Fsp3) is 0.0270. The lowest BCUT2D eigenvalue weighted by atomic mass is 10.1. The zero-order valence-electron chi connectivity index (χ0n) is 24.5. The molecule has 0 unspecified atom stereocenters. The number of hydrogen-bond donors (Lipinski definition) is 0.